The third-order valence-electron chi connectivity index (χ3n) is 4.90. The maximum Gasteiger partial charge on any atom is 0.337 e. The molecule has 0 fully saturated rings. The van der Waals surface area contributed by atoms with Crippen LogP contribution in [0.2, 0.25) is 0 Å². The van der Waals surface area contributed by atoms with Gasteiger partial charge in [0.25, 0.3) is 0 Å². The van der Waals surface area contributed by atoms with Gasteiger partial charge in [-0.1, -0.05) is 30.3 Å². The van der Waals surface area contributed by atoms with Crippen LogP contribution in [0.5, 0.6) is 0 Å². The van der Waals surface area contributed by atoms with Crippen LogP contribution in [-0.2, 0) is 4.74 Å². The van der Waals surface area contributed by atoms with Crippen molar-refractivity contribution >= 4 is 23.8 Å². The highest BCUT2D eigenvalue weighted by molar-refractivity contribution is 5.89. The van der Waals surface area contributed by atoms with Gasteiger partial charge in [-0.3, -0.25) is 0 Å². The van der Waals surface area contributed by atoms with E-state index in [0.717, 1.165) is 5.69 Å². The molecular weight excluding hydrogens is 370 g/mol. The van der Waals surface area contributed by atoms with Crippen LogP contribution in [0, 0.1) is 0 Å². The summed E-state index contributed by atoms with van der Waals surface area (Å²) in [6, 6.07) is 16.5. The van der Waals surface area contributed by atoms with E-state index in [1.54, 1.807) is 41.5 Å². The Morgan fingerprint density at radius 3 is 2.62 bits per heavy atom. The second-order valence-electron chi connectivity index (χ2n) is 6.62. The zero-order chi connectivity index (χ0) is 20.4. The number of aliphatic hydroxyl groups is 1. The lowest BCUT2D eigenvalue weighted by Crippen LogP contribution is -2.32. The first-order chi connectivity index (χ1) is 14.1. The number of methoxy groups -OCH3 is 1. The van der Waals surface area contributed by atoms with Crippen molar-refractivity contribution in [3.63, 3.8) is 0 Å². The first kappa shape index (κ1) is 18.7. The number of hydrogen-bond donors (Lipinski definition) is 2. The number of benzene rings is 2. The molecule has 8 nitrogen and oxygen atoms in total. The van der Waals surface area contributed by atoms with Gasteiger partial charge in [-0.2, -0.15) is 5.10 Å². The molecule has 0 radical (unpaired) electrons. The first-order valence-electron chi connectivity index (χ1n) is 9.10. The van der Waals surface area contributed by atoms with E-state index >= 15 is 0 Å². The number of carbonyl (C=O) groups is 1. The molecule has 2 N–H and O–H groups in total. The van der Waals surface area contributed by atoms with E-state index in [2.05, 4.69) is 15.4 Å². The van der Waals surface area contributed by atoms with Crippen molar-refractivity contribution in [1.82, 2.24) is 9.78 Å². The number of anilines is 2. The monoisotopic (exact) mass is 391 g/mol. The molecule has 148 valence electrons. The zero-order valence-electron chi connectivity index (χ0n) is 16.1. The Hall–Kier alpha value is -3.65. The van der Waals surface area contributed by atoms with Crippen LogP contribution >= 0.6 is 0 Å². The van der Waals surface area contributed by atoms with Gasteiger partial charge in [0.15, 0.2) is 0 Å². The number of carbonyl (C=O) groups excluding carboxylic acids is 1. The van der Waals surface area contributed by atoms with Gasteiger partial charge in [0, 0.05) is 18.3 Å². The van der Waals surface area contributed by atoms with Crippen LogP contribution < -0.4 is 10.2 Å². The van der Waals surface area contributed by atoms with Crippen LogP contribution in [0.1, 0.15) is 33.9 Å². The Morgan fingerprint density at radius 1 is 1.21 bits per heavy atom. The molecule has 1 aliphatic rings. The SMILES string of the molecule is COC(=O)c1ccc(C(O)c2cnn3c2NC=NC3N(C)c2ccccc2)cc1. The summed E-state index contributed by atoms with van der Waals surface area (Å²) in [7, 11) is 3.27. The van der Waals surface area contributed by atoms with Gasteiger partial charge in [0.05, 0.1) is 25.2 Å². The van der Waals surface area contributed by atoms with Gasteiger partial charge in [0.2, 0.25) is 6.29 Å². The highest BCUT2D eigenvalue weighted by atomic mass is 16.5. The first-order valence-corrected chi connectivity index (χ1v) is 9.10. The summed E-state index contributed by atoms with van der Waals surface area (Å²) in [6.07, 6.45) is 1.95. The highest BCUT2D eigenvalue weighted by Gasteiger charge is 2.27. The lowest BCUT2D eigenvalue weighted by Gasteiger charge is -2.30. The molecule has 2 aromatic carbocycles. The summed E-state index contributed by atoms with van der Waals surface area (Å²) in [5, 5.41) is 18.4. The van der Waals surface area contributed by atoms with Crippen molar-refractivity contribution in [2.75, 3.05) is 24.4 Å². The van der Waals surface area contributed by atoms with Crippen molar-refractivity contribution in [2.24, 2.45) is 4.99 Å². The van der Waals surface area contributed by atoms with Crippen LogP contribution in [0.3, 0.4) is 0 Å². The molecule has 0 amide bonds. The lowest BCUT2D eigenvalue weighted by molar-refractivity contribution is 0.0600. The number of nitrogens with zero attached hydrogens (tertiary/aromatic N) is 4. The quantitative estimate of drug-likeness (QED) is 0.650. The second-order valence-corrected chi connectivity index (χ2v) is 6.62. The van der Waals surface area contributed by atoms with Gasteiger partial charge in [-0.25, -0.2) is 14.5 Å². The van der Waals surface area contributed by atoms with Gasteiger partial charge < -0.3 is 20.1 Å². The van der Waals surface area contributed by atoms with Crippen molar-refractivity contribution in [2.45, 2.75) is 12.4 Å². The maximum absolute atomic E-state index is 11.6. The van der Waals surface area contributed by atoms with E-state index in [1.807, 2.05) is 42.3 Å². The largest absolute Gasteiger partial charge is 0.465 e. The van der Waals surface area contributed by atoms with E-state index < -0.39 is 12.1 Å². The molecule has 0 aliphatic carbocycles. The predicted octanol–water partition coefficient (Wildman–Crippen LogP) is 2.80. The Balaban J connectivity index is 1.62. The van der Waals surface area contributed by atoms with Gasteiger partial charge >= 0.3 is 5.97 Å². The summed E-state index contributed by atoms with van der Waals surface area (Å²) in [5.41, 5.74) is 2.69. The molecule has 0 spiro atoms. The average Bonchev–Trinajstić information content (AvgIpc) is 3.22. The Kier molecular flexibility index (Phi) is 5.01. The molecular formula is C21H21N5O3. The third-order valence-corrected chi connectivity index (χ3v) is 4.90. The number of hydrogen-bond acceptors (Lipinski definition) is 7. The Bertz CT molecular complexity index is 1030. The minimum Gasteiger partial charge on any atom is -0.465 e. The number of fused-ring (bicyclic) bond motifs is 1. The number of ether oxygens (including phenoxy) is 1. The third kappa shape index (κ3) is 3.45. The standard InChI is InChI=1S/C21H21N5O3/c1-25(16-6-4-3-5-7-16)21-23-13-22-19-17(12-24-26(19)21)18(27)14-8-10-15(11-9-14)20(28)29-2/h3-13,18,21,27H,1-2H3,(H,22,23). The minimum absolute atomic E-state index is 0.378. The van der Waals surface area contributed by atoms with Crippen LogP contribution in [0.25, 0.3) is 0 Å². The zero-order valence-corrected chi connectivity index (χ0v) is 16.1. The molecule has 0 bridgehead atoms. The smallest absolute Gasteiger partial charge is 0.337 e. The minimum atomic E-state index is -0.910. The molecule has 3 aromatic rings. The number of rotatable bonds is 5. The summed E-state index contributed by atoms with van der Waals surface area (Å²) in [6.45, 7) is 0. The fourth-order valence-electron chi connectivity index (χ4n) is 3.29. The van der Waals surface area contributed by atoms with E-state index in [0.29, 0.717) is 22.5 Å². The molecule has 1 aliphatic heterocycles. The summed E-state index contributed by atoms with van der Waals surface area (Å²) in [5.74, 6) is 0.246. The van der Waals surface area contributed by atoms with Crippen molar-refractivity contribution in [3.8, 4) is 0 Å². The number of aliphatic imine (C=N–C) groups is 1. The summed E-state index contributed by atoms with van der Waals surface area (Å²) < 4.78 is 6.44. The molecule has 29 heavy (non-hydrogen) atoms. The van der Waals surface area contributed by atoms with E-state index in [4.69, 9.17) is 4.74 Å². The van der Waals surface area contributed by atoms with E-state index in [9.17, 15) is 9.90 Å². The molecule has 0 saturated carbocycles. The van der Waals surface area contributed by atoms with Gasteiger partial charge in [0.1, 0.15) is 11.9 Å². The predicted molar refractivity (Wildman–Crippen MR) is 110 cm³/mol. The number of aromatic nitrogens is 2. The molecule has 4 rings (SSSR count). The highest BCUT2D eigenvalue weighted by Crippen LogP contribution is 2.33. The van der Waals surface area contributed by atoms with Gasteiger partial charge in [-0.15, -0.1) is 0 Å². The lowest BCUT2D eigenvalue weighted by atomic mass is 10.0. The van der Waals surface area contributed by atoms with Crippen LogP contribution in [0.15, 0.2) is 65.8 Å². The maximum atomic E-state index is 11.6. The molecule has 1 aromatic heterocycles. The topological polar surface area (TPSA) is 92.0 Å². The van der Waals surface area contributed by atoms with Gasteiger partial charge in [-0.05, 0) is 29.8 Å². The molecule has 2 heterocycles. The average molecular weight is 391 g/mol. The summed E-state index contributed by atoms with van der Waals surface area (Å²) in [4.78, 5) is 18.1. The van der Waals surface area contributed by atoms with Crippen molar-refractivity contribution in [1.29, 1.82) is 0 Å². The fourth-order valence-corrected chi connectivity index (χ4v) is 3.29. The Morgan fingerprint density at radius 2 is 1.93 bits per heavy atom. The van der Waals surface area contributed by atoms with E-state index in [1.165, 1.54) is 7.11 Å². The molecule has 0 saturated heterocycles. The number of para-hydroxylation sites is 1. The summed E-state index contributed by atoms with van der Waals surface area (Å²) >= 11 is 0. The molecule has 8 heteroatoms. The molecule has 2 unspecified atom stereocenters. The Labute approximate surface area is 168 Å². The van der Waals surface area contributed by atoms with Crippen LogP contribution in [-0.4, -0.2) is 41.4 Å². The van der Waals surface area contributed by atoms with E-state index in [-0.39, 0.29) is 6.29 Å². The normalized spacial score (nSPS) is 15.9. The number of aliphatic hydroxyl groups excluding tert-OH is 1. The second kappa shape index (κ2) is 7.76. The van der Waals surface area contributed by atoms with Crippen LogP contribution in [0.4, 0.5) is 11.5 Å². The molecule has 2 atom stereocenters. The van der Waals surface area contributed by atoms with Crippen molar-refractivity contribution in [3.05, 3.63) is 77.5 Å². The fraction of sp³-hybridized carbons (Fsp3) is 0.190. The number of nitrogens with one attached hydrogen (secondary N) is 1. The van der Waals surface area contributed by atoms with Crippen molar-refractivity contribution < 1.29 is 14.6 Å². The number of esters is 1.